The molecule has 4 nitrogen and oxygen atoms in total. The number of rotatable bonds is 5. The van der Waals surface area contributed by atoms with E-state index >= 15 is 0 Å². The van der Waals surface area contributed by atoms with Crippen molar-refractivity contribution in [2.75, 3.05) is 6.54 Å². The number of nitrogens with one attached hydrogen (secondary N) is 1. The number of carbonyl (C=O) groups excluding carboxylic acids is 2. The minimum absolute atomic E-state index is 0.0407. The van der Waals surface area contributed by atoms with E-state index in [4.69, 9.17) is 0 Å². The summed E-state index contributed by atoms with van der Waals surface area (Å²) in [6.07, 6.45) is 1.03. The van der Waals surface area contributed by atoms with Gasteiger partial charge in [0.25, 0.3) is 5.91 Å². The van der Waals surface area contributed by atoms with Gasteiger partial charge >= 0.3 is 0 Å². The Morgan fingerprint density at radius 1 is 1.19 bits per heavy atom. The van der Waals surface area contributed by atoms with E-state index in [2.05, 4.69) is 11.9 Å². The molecule has 0 bridgehead atoms. The molecule has 1 fully saturated rings. The van der Waals surface area contributed by atoms with Gasteiger partial charge < -0.3 is 10.2 Å². The Morgan fingerprint density at radius 2 is 1.96 bits per heavy atom. The summed E-state index contributed by atoms with van der Waals surface area (Å²) in [7, 11) is 0. The van der Waals surface area contributed by atoms with Gasteiger partial charge in [-0.25, -0.2) is 4.39 Å². The van der Waals surface area contributed by atoms with Crippen LogP contribution in [0, 0.1) is 5.82 Å². The number of carbonyl (C=O) groups is 2. The minimum Gasteiger partial charge on any atom is -0.353 e. The van der Waals surface area contributed by atoms with Gasteiger partial charge in [-0.1, -0.05) is 36.9 Å². The lowest BCUT2D eigenvalue weighted by atomic mass is 10.1. The first kappa shape index (κ1) is 16.5. The molecule has 26 heavy (non-hydrogen) atoms. The standard InChI is InChI=1S/C21H19FN2O2/c1-13-16-7-2-3-8-17(16)21(26)24(13)10-9-20(25)23-19-12-18(19)14-5-4-6-15(22)11-14/h2-8,11,18-19H,1,9-10,12H2,(H,23,25)/t18-,19+/m0/s1. The van der Waals surface area contributed by atoms with Crippen LogP contribution in [-0.2, 0) is 4.79 Å². The van der Waals surface area contributed by atoms with E-state index in [1.807, 2.05) is 24.3 Å². The molecule has 0 radical (unpaired) electrons. The van der Waals surface area contributed by atoms with Crippen LogP contribution in [0.3, 0.4) is 0 Å². The Hall–Kier alpha value is -2.95. The van der Waals surface area contributed by atoms with Crippen molar-refractivity contribution in [1.82, 2.24) is 10.2 Å². The number of halogens is 1. The van der Waals surface area contributed by atoms with Crippen molar-refractivity contribution in [2.45, 2.75) is 24.8 Å². The Bertz CT molecular complexity index is 873. The summed E-state index contributed by atoms with van der Waals surface area (Å²) in [5, 5.41) is 2.97. The zero-order chi connectivity index (χ0) is 18.3. The third kappa shape index (κ3) is 3.01. The van der Waals surface area contributed by atoms with Gasteiger partial charge in [0, 0.05) is 41.7 Å². The second-order valence-corrected chi connectivity index (χ2v) is 6.77. The molecule has 1 aliphatic heterocycles. The maximum Gasteiger partial charge on any atom is 0.258 e. The zero-order valence-corrected chi connectivity index (χ0v) is 14.2. The van der Waals surface area contributed by atoms with Gasteiger partial charge in [0.1, 0.15) is 5.82 Å². The van der Waals surface area contributed by atoms with Gasteiger partial charge in [-0.05, 0) is 30.2 Å². The highest BCUT2D eigenvalue weighted by Gasteiger charge is 2.39. The molecular formula is C21H19FN2O2. The first-order valence-corrected chi connectivity index (χ1v) is 8.69. The van der Waals surface area contributed by atoms with Crippen LogP contribution in [0.25, 0.3) is 5.70 Å². The van der Waals surface area contributed by atoms with Crippen LogP contribution in [0.4, 0.5) is 4.39 Å². The van der Waals surface area contributed by atoms with Gasteiger partial charge in [0.2, 0.25) is 5.91 Å². The molecule has 0 spiro atoms. The lowest BCUT2D eigenvalue weighted by Gasteiger charge is -2.17. The summed E-state index contributed by atoms with van der Waals surface area (Å²) in [5.74, 6) is -0.305. The van der Waals surface area contributed by atoms with Crippen molar-refractivity contribution in [3.63, 3.8) is 0 Å². The fourth-order valence-corrected chi connectivity index (χ4v) is 3.52. The number of fused-ring (bicyclic) bond motifs is 1. The molecule has 2 aromatic rings. The molecule has 4 rings (SSSR count). The van der Waals surface area contributed by atoms with Crippen LogP contribution in [0.5, 0.6) is 0 Å². The Balaban J connectivity index is 1.31. The number of hydrogen-bond donors (Lipinski definition) is 1. The molecule has 1 saturated carbocycles. The monoisotopic (exact) mass is 350 g/mol. The molecule has 2 amide bonds. The van der Waals surface area contributed by atoms with Crippen molar-refractivity contribution < 1.29 is 14.0 Å². The van der Waals surface area contributed by atoms with Gasteiger partial charge in [0.15, 0.2) is 0 Å². The third-order valence-corrected chi connectivity index (χ3v) is 5.02. The van der Waals surface area contributed by atoms with Gasteiger partial charge in [-0.15, -0.1) is 0 Å². The second-order valence-electron chi connectivity index (χ2n) is 6.77. The average Bonchev–Trinajstić information content (AvgIpc) is 3.35. The molecule has 0 unspecified atom stereocenters. The van der Waals surface area contributed by atoms with Crippen LogP contribution in [-0.4, -0.2) is 29.3 Å². The fourth-order valence-electron chi connectivity index (χ4n) is 3.52. The van der Waals surface area contributed by atoms with Crippen LogP contribution in [0.1, 0.15) is 40.2 Å². The Morgan fingerprint density at radius 3 is 2.69 bits per heavy atom. The molecule has 1 N–H and O–H groups in total. The quantitative estimate of drug-likeness (QED) is 0.899. The van der Waals surface area contributed by atoms with E-state index in [9.17, 15) is 14.0 Å². The van der Waals surface area contributed by atoms with Crippen molar-refractivity contribution in [2.24, 2.45) is 0 Å². The van der Waals surface area contributed by atoms with Crippen molar-refractivity contribution >= 4 is 17.5 Å². The highest BCUT2D eigenvalue weighted by atomic mass is 19.1. The number of nitrogens with zero attached hydrogens (tertiary/aromatic N) is 1. The molecule has 5 heteroatoms. The second kappa shape index (κ2) is 6.41. The molecule has 2 aliphatic rings. The molecule has 1 heterocycles. The normalized spacial score (nSPS) is 20.9. The molecular weight excluding hydrogens is 331 g/mol. The largest absolute Gasteiger partial charge is 0.353 e. The molecule has 1 aliphatic carbocycles. The molecule has 0 saturated heterocycles. The summed E-state index contributed by atoms with van der Waals surface area (Å²) in [6.45, 7) is 4.28. The molecule has 0 aromatic heterocycles. The van der Waals surface area contributed by atoms with E-state index in [1.165, 1.54) is 12.1 Å². The smallest absolute Gasteiger partial charge is 0.258 e. The minimum atomic E-state index is -0.259. The van der Waals surface area contributed by atoms with Crippen molar-refractivity contribution in [1.29, 1.82) is 0 Å². The van der Waals surface area contributed by atoms with E-state index in [0.29, 0.717) is 17.8 Å². The summed E-state index contributed by atoms with van der Waals surface area (Å²) in [4.78, 5) is 26.2. The van der Waals surface area contributed by atoms with E-state index in [1.54, 1.807) is 17.0 Å². The number of amides is 2. The van der Waals surface area contributed by atoms with E-state index in [-0.39, 0.29) is 36.0 Å². The van der Waals surface area contributed by atoms with Gasteiger partial charge in [-0.2, -0.15) is 0 Å². The highest BCUT2D eigenvalue weighted by molar-refractivity contribution is 6.08. The summed E-state index contributed by atoms with van der Waals surface area (Å²) in [6, 6.07) is 13.9. The summed E-state index contributed by atoms with van der Waals surface area (Å²) < 4.78 is 13.3. The lowest BCUT2D eigenvalue weighted by molar-refractivity contribution is -0.121. The van der Waals surface area contributed by atoms with Crippen LogP contribution in [0.15, 0.2) is 55.1 Å². The van der Waals surface area contributed by atoms with E-state index in [0.717, 1.165) is 17.5 Å². The van der Waals surface area contributed by atoms with Gasteiger partial charge in [-0.3, -0.25) is 9.59 Å². The predicted octanol–water partition coefficient (Wildman–Crippen LogP) is 3.31. The van der Waals surface area contributed by atoms with Crippen LogP contribution >= 0.6 is 0 Å². The van der Waals surface area contributed by atoms with Gasteiger partial charge in [0.05, 0.1) is 0 Å². The average molecular weight is 350 g/mol. The zero-order valence-electron chi connectivity index (χ0n) is 14.2. The number of hydrogen-bond acceptors (Lipinski definition) is 2. The Kier molecular flexibility index (Phi) is 4.07. The lowest BCUT2D eigenvalue weighted by Crippen LogP contribution is -2.32. The Labute approximate surface area is 151 Å². The third-order valence-electron chi connectivity index (χ3n) is 5.02. The highest BCUT2D eigenvalue weighted by Crippen LogP contribution is 2.41. The van der Waals surface area contributed by atoms with Crippen LogP contribution in [0.2, 0.25) is 0 Å². The van der Waals surface area contributed by atoms with E-state index < -0.39 is 0 Å². The maximum absolute atomic E-state index is 13.3. The molecule has 132 valence electrons. The van der Waals surface area contributed by atoms with Crippen LogP contribution < -0.4 is 5.32 Å². The topological polar surface area (TPSA) is 49.4 Å². The predicted molar refractivity (Wildman–Crippen MR) is 96.8 cm³/mol. The molecule has 2 atom stereocenters. The van der Waals surface area contributed by atoms with Crippen molar-refractivity contribution in [3.8, 4) is 0 Å². The number of benzene rings is 2. The maximum atomic E-state index is 13.3. The fraction of sp³-hybridized carbons (Fsp3) is 0.238. The molecule has 2 aromatic carbocycles. The SMILES string of the molecule is C=C1c2ccccc2C(=O)N1CCC(=O)N[C@@H]1C[C@H]1c1cccc(F)c1. The first-order chi connectivity index (χ1) is 12.5. The summed E-state index contributed by atoms with van der Waals surface area (Å²) >= 11 is 0. The first-order valence-electron chi connectivity index (χ1n) is 8.69. The van der Waals surface area contributed by atoms with Crippen molar-refractivity contribution in [3.05, 3.63) is 77.6 Å². The summed E-state index contributed by atoms with van der Waals surface area (Å²) in [5.41, 5.74) is 3.01.